The molecule has 0 radical (unpaired) electrons. The molecule has 1 N–H and O–H groups in total. The zero-order chi connectivity index (χ0) is 15.2. The number of furan rings is 1. The minimum absolute atomic E-state index is 0.102. The normalized spacial score (nSPS) is 10.8. The van der Waals surface area contributed by atoms with Crippen LogP contribution in [0.5, 0.6) is 5.75 Å². The first-order chi connectivity index (χ1) is 10.0. The number of rotatable bonds is 5. The summed E-state index contributed by atoms with van der Waals surface area (Å²) in [5.41, 5.74) is 3.41. The number of amides is 1. The Hall–Kier alpha value is -2.08. The lowest BCUT2D eigenvalue weighted by Gasteiger charge is -2.06. The topological polar surface area (TPSA) is 63.8 Å². The van der Waals surface area contributed by atoms with E-state index >= 15 is 0 Å². The van der Waals surface area contributed by atoms with Crippen LogP contribution in [0.3, 0.4) is 0 Å². The minimum Gasteiger partial charge on any atom is -0.484 e. The van der Waals surface area contributed by atoms with Crippen LogP contribution in [-0.4, -0.2) is 18.7 Å². The summed E-state index contributed by atoms with van der Waals surface area (Å²) in [5, 5.41) is 3.79. The molecule has 1 heterocycles. The molecule has 5 nitrogen and oxygen atoms in total. The molecule has 0 aliphatic rings. The van der Waals surface area contributed by atoms with Gasteiger partial charge in [0.05, 0.1) is 6.21 Å². The fourth-order valence-corrected chi connectivity index (χ4v) is 1.83. The van der Waals surface area contributed by atoms with Crippen LogP contribution >= 0.6 is 15.9 Å². The summed E-state index contributed by atoms with van der Waals surface area (Å²) in [5.74, 6) is 1.67. The fourth-order valence-electron chi connectivity index (χ4n) is 1.58. The zero-order valence-corrected chi connectivity index (χ0v) is 13.3. The molecule has 0 bridgehead atoms. The minimum atomic E-state index is -0.338. The Bertz CT molecular complexity index is 665. The van der Waals surface area contributed by atoms with Crippen LogP contribution in [0, 0.1) is 13.8 Å². The van der Waals surface area contributed by atoms with Crippen molar-refractivity contribution in [3.63, 3.8) is 0 Å². The molecule has 6 heteroatoms. The van der Waals surface area contributed by atoms with Crippen molar-refractivity contribution < 1.29 is 13.9 Å². The van der Waals surface area contributed by atoms with E-state index in [4.69, 9.17) is 9.15 Å². The first-order valence-electron chi connectivity index (χ1n) is 6.32. The van der Waals surface area contributed by atoms with Gasteiger partial charge < -0.3 is 9.15 Å². The average Bonchev–Trinajstić information content (AvgIpc) is 2.86. The molecule has 0 saturated heterocycles. The van der Waals surface area contributed by atoms with Crippen molar-refractivity contribution in [3.05, 3.63) is 51.9 Å². The average molecular weight is 351 g/mol. The third-order valence-corrected chi connectivity index (χ3v) is 3.53. The lowest BCUT2D eigenvalue weighted by Crippen LogP contribution is -2.24. The standard InChI is InChI=1S/C15H15BrN2O3/c1-10-7-12(5-6-14(10)16)20-9-15(19)18-17-8-13-4-3-11(2)21-13/h3-8H,9H2,1-2H3,(H,18,19)/b17-8+. The first kappa shape index (κ1) is 15.3. The van der Waals surface area contributed by atoms with Gasteiger partial charge in [0.1, 0.15) is 17.3 Å². The molecule has 0 aliphatic carbocycles. The molecule has 2 rings (SSSR count). The van der Waals surface area contributed by atoms with E-state index in [1.165, 1.54) is 6.21 Å². The second kappa shape index (κ2) is 7.08. The van der Waals surface area contributed by atoms with Crippen molar-refractivity contribution in [1.29, 1.82) is 0 Å². The first-order valence-corrected chi connectivity index (χ1v) is 7.11. The van der Waals surface area contributed by atoms with Crippen LogP contribution in [0.4, 0.5) is 0 Å². The number of halogens is 1. The Balaban J connectivity index is 1.79. The lowest BCUT2D eigenvalue weighted by atomic mass is 10.2. The van der Waals surface area contributed by atoms with Gasteiger partial charge in [0, 0.05) is 4.47 Å². The molecule has 0 aliphatic heterocycles. The number of carbonyl (C=O) groups is 1. The van der Waals surface area contributed by atoms with E-state index in [-0.39, 0.29) is 12.5 Å². The quantitative estimate of drug-likeness (QED) is 0.665. The number of aryl methyl sites for hydroxylation is 2. The number of ether oxygens (including phenoxy) is 1. The molecule has 1 aromatic carbocycles. The van der Waals surface area contributed by atoms with E-state index in [2.05, 4.69) is 26.5 Å². The molecule has 2 aromatic rings. The van der Waals surface area contributed by atoms with E-state index in [0.29, 0.717) is 11.5 Å². The van der Waals surface area contributed by atoms with Gasteiger partial charge in [-0.05, 0) is 49.7 Å². The summed E-state index contributed by atoms with van der Waals surface area (Å²) in [6, 6.07) is 9.11. The Morgan fingerprint density at radius 1 is 1.38 bits per heavy atom. The van der Waals surface area contributed by atoms with Gasteiger partial charge in [-0.25, -0.2) is 5.43 Å². The second-order valence-electron chi connectivity index (χ2n) is 4.44. The Morgan fingerprint density at radius 2 is 2.19 bits per heavy atom. The number of nitrogens with one attached hydrogen (secondary N) is 1. The van der Waals surface area contributed by atoms with E-state index in [1.807, 2.05) is 32.0 Å². The highest BCUT2D eigenvalue weighted by molar-refractivity contribution is 9.10. The highest BCUT2D eigenvalue weighted by Crippen LogP contribution is 2.21. The number of hydrogen-bond donors (Lipinski definition) is 1. The predicted molar refractivity (Wildman–Crippen MR) is 83.6 cm³/mol. The predicted octanol–water partition coefficient (Wildman–Crippen LogP) is 3.19. The van der Waals surface area contributed by atoms with Crippen molar-refractivity contribution >= 4 is 28.1 Å². The highest BCUT2D eigenvalue weighted by atomic mass is 79.9. The van der Waals surface area contributed by atoms with Crippen LogP contribution in [-0.2, 0) is 4.79 Å². The van der Waals surface area contributed by atoms with E-state index < -0.39 is 0 Å². The van der Waals surface area contributed by atoms with Crippen molar-refractivity contribution in [3.8, 4) is 5.75 Å². The van der Waals surface area contributed by atoms with Crippen LogP contribution < -0.4 is 10.2 Å². The largest absolute Gasteiger partial charge is 0.484 e. The van der Waals surface area contributed by atoms with Gasteiger partial charge in [-0.3, -0.25) is 4.79 Å². The molecule has 0 fully saturated rings. The monoisotopic (exact) mass is 350 g/mol. The van der Waals surface area contributed by atoms with Crippen LogP contribution in [0.15, 0.2) is 44.3 Å². The van der Waals surface area contributed by atoms with Crippen LogP contribution in [0.2, 0.25) is 0 Å². The molecule has 1 amide bonds. The van der Waals surface area contributed by atoms with E-state index in [0.717, 1.165) is 15.8 Å². The fraction of sp³-hybridized carbons (Fsp3) is 0.200. The highest BCUT2D eigenvalue weighted by Gasteiger charge is 2.03. The SMILES string of the molecule is Cc1ccc(/C=N/NC(=O)COc2ccc(Br)c(C)c2)o1. The Labute approximate surface area is 131 Å². The molecular weight excluding hydrogens is 336 g/mol. The maximum Gasteiger partial charge on any atom is 0.277 e. The van der Waals surface area contributed by atoms with Gasteiger partial charge >= 0.3 is 0 Å². The molecule has 0 atom stereocenters. The summed E-state index contributed by atoms with van der Waals surface area (Å²) >= 11 is 3.40. The van der Waals surface area contributed by atoms with Gasteiger partial charge in [0.2, 0.25) is 0 Å². The molecule has 21 heavy (non-hydrogen) atoms. The molecule has 110 valence electrons. The van der Waals surface area contributed by atoms with Crippen LogP contribution in [0.25, 0.3) is 0 Å². The number of benzene rings is 1. The van der Waals surface area contributed by atoms with Gasteiger partial charge in [-0.2, -0.15) is 5.10 Å². The number of hydrazone groups is 1. The molecule has 0 saturated carbocycles. The van der Waals surface area contributed by atoms with Crippen molar-refractivity contribution in [2.75, 3.05) is 6.61 Å². The van der Waals surface area contributed by atoms with Gasteiger partial charge in [0.15, 0.2) is 6.61 Å². The van der Waals surface area contributed by atoms with Crippen molar-refractivity contribution in [2.24, 2.45) is 5.10 Å². The van der Waals surface area contributed by atoms with E-state index in [1.54, 1.807) is 12.1 Å². The summed E-state index contributed by atoms with van der Waals surface area (Å²) in [6.45, 7) is 3.69. The summed E-state index contributed by atoms with van der Waals surface area (Å²) in [7, 11) is 0. The molecule has 0 spiro atoms. The molecule has 0 unspecified atom stereocenters. The Kier molecular flexibility index (Phi) is 5.16. The van der Waals surface area contributed by atoms with E-state index in [9.17, 15) is 4.79 Å². The number of hydrogen-bond acceptors (Lipinski definition) is 4. The number of nitrogens with zero attached hydrogens (tertiary/aromatic N) is 1. The molecule has 1 aromatic heterocycles. The summed E-state index contributed by atoms with van der Waals surface area (Å²) in [6.07, 6.45) is 1.44. The second-order valence-corrected chi connectivity index (χ2v) is 5.30. The van der Waals surface area contributed by atoms with Gasteiger partial charge in [0.25, 0.3) is 5.91 Å². The Morgan fingerprint density at radius 3 is 2.86 bits per heavy atom. The lowest BCUT2D eigenvalue weighted by molar-refractivity contribution is -0.123. The maximum absolute atomic E-state index is 11.6. The van der Waals surface area contributed by atoms with Crippen molar-refractivity contribution in [2.45, 2.75) is 13.8 Å². The van der Waals surface area contributed by atoms with Gasteiger partial charge in [-0.1, -0.05) is 15.9 Å². The number of carbonyl (C=O) groups excluding carboxylic acids is 1. The third-order valence-electron chi connectivity index (χ3n) is 2.64. The third kappa shape index (κ3) is 4.75. The summed E-state index contributed by atoms with van der Waals surface area (Å²) in [4.78, 5) is 11.6. The zero-order valence-electron chi connectivity index (χ0n) is 11.7. The molecular formula is C15H15BrN2O3. The van der Waals surface area contributed by atoms with Crippen molar-refractivity contribution in [1.82, 2.24) is 5.43 Å². The van der Waals surface area contributed by atoms with Crippen LogP contribution in [0.1, 0.15) is 17.1 Å². The smallest absolute Gasteiger partial charge is 0.277 e. The maximum atomic E-state index is 11.6. The summed E-state index contributed by atoms with van der Waals surface area (Å²) < 4.78 is 11.7. The van der Waals surface area contributed by atoms with Gasteiger partial charge in [-0.15, -0.1) is 0 Å².